The van der Waals surface area contributed by atoms with Gasteiger partial charge in [0.25, 0.3) is 0 Å². The topological polar surface area (TPSA) is 26.0 Å². The third kappa shape index (κ3) is 1.93. The minimum atomic E-state index is 0.597. The zero-order valence-corrected chi connectivity index (χ0v) is 9.84. The molecule has 0 amide bonds. The summed E-state index contributed by atoms with van der Waals surface area (Å²) in [5.41, 5.74) is 2.78. The average Bonchev–Trinajstić information content (AvgIpc) is 2.83. The van der Waals surface area contributed by atoms with E-state index >= 15 is 0 Å². The van der Waals surface area contributed by atoms with Gasteiger partial charge < -0.3 is 4.42 Å². The third-order valence-corrected chi connectivity index (χ3v) is 2.77. The van der Waals surface area contributed by atoms with E-state index in [1.807, 2.05) is 60.7 Å². The average molecular weight is 234 g/mol. The van der Waals surface area contributed by atoms with Crippen molar-refractivity contribution in [2.24, 2.45) is 0 Å². The first-order chi connectivity index (χ1) is 8.84. The zero-order valence-electron chi connectivity index (χ0n) is 9.84. The molecule has 0 fully saturated rings. The number of benzene rings is 2. The molecule has 3 aromatic rings. The Morgan fingerprint density at radius 1 is 0.778 bits per heavy atom. The molecule has 0 saturated carbocycles. The van der Waals surface area contributed by atoms with Crippen LogP contribution in [0.2, 0.25) is 0 Å². The Morgan fingerprint density at radius 3 is 1.94 bits per heavy atom. The van der Waals surface area contributed by atoms with Crippen molar-refractivity contribution in [3.05, 3.63) is 73.3 Å². The molecule has 3 rings (SSSR count). The van der Waals surface area contributed by atoms with Crippen molar-refractivity contribution in [1.82, 2.24) is 4.98 Å². The van der Waals surface area contributed by atoms with E-state index in [2.05, 4.69) is 11.9 Å². The molecule has 0 aliphatic rings. The summed E-state index contributed by atoms with van der Waals surface area (Å²) < 4.78 is 5.63. The summed E-state index contributed by atoms with van der Waals surface area (Å²) in [7, 11) is 0. The van der Waals surface area contributed by atoms with Gasteiger partial charge in [-0.1, -0.05) is 48.5 Å². The van der Waals surface area contributed by atoms with Crippen LogP contribution >= 0.6 is 0 Å². The molecule has 0 atom stereocenters. The normalized spacial score (nSPS) is 10.5. The van der Waals surface area contributed by atoms with Gasteiger partial charge in [0.2, 0.25) is 5.89 Å². The van der Waals surface area contributed by atoms with Gasteiger partial charge in [-0.25, -0.2) is 4.98 Å². The molecular weight excluding hydrogens is 222 g/mol. The smallest absolute Gasteiger partial charge is 0.226 e. The van der Waals surface area contributed by atoms with Crippen LogP contribution in [0, 0.1) is 6.92 Å². The van der Waals surface area contributed by atoms with E-state index in [-0.39, 0.29) is 0 Å². The van der Waals surface area contributed by atoms with Gasteiger partial charge in [0.05, 0.1) is 0 Å². The second kappa shape index (κ2) is 4.49. The van der Waals surface area contributed by atoms with Gasteiger partial charge in [0.1, 0.15) is 11.5 Å². The van der Waals surface area contributed by atoms with Gasteiger partial charge >= 0.3 is 0 Å². The van der Waals surface area contributed by atoms with Crippen LogP contribution in [0.25, 0.3) is 22.7 Å². The van der Waals surface area contributed by atoms with Crippen LogP contribution in [0.4, 0.5) is 0 Å². The summed E-state index contributed by atoms with van der Waals surface area (Å²) in [5.74, 6) is 1.21. The van der Waals surface area contributed by atoms with Crippen molar-refractivity contribution in [2.75, 3.05) is 0 Å². The molecule has 1 heterocycles. The lowest BCUT2D eigenvalue weighted by molar-refractivity contribution is 0.557. The van der Waals surface area contributed by atoms with Crippen LogP contribution in [-0.4, -0.2) is 4.98 Å². The van der Waals surface area contributed by atoms with Crippen LogP contribution < -0.4 is 0 Å². The van der Waals surface area contributed by atoms with E-state index in [0.29, 0.717) is 11.7 Å². The number of aromatic nitrogens is 1. The van der Waals surface area contributed by atoms with Crippen molar-refractivity contribution in [1.29, 1.82) is 0 Å². The Balaban J connectivity index is 2.07. The summed E-state index contributed by atoms with van der Waals surface area (Å²) in [4.78, 5) is 4.52. The molecule has 0 aliphatic heterocycles. The minimum Gasteiger partial charge on any atom is -0.440 e. The summed E-state index contributed by atoms with van der Waals surface area (Å²) in [6.45, 7) is 3.91. The monoisotopic (exact) mass is 234 g/mol. The molecule has 0 saturated heterocycles. The maximum atomic E-state index is 5.63. The van der Waals surface area contributed by atoms with Gasteiger partial charge in [-0.05, 0) is 12.1 Å². The number of oxazole rings is 1. The lowest BCUT2D eigenvalue weighted by atomic mass is 10.1. The summed E-state index contributed by atoms with van der Waals surface area (Å²) >= 11 is 0. The Kier molecular flexibility index (Phi) is 2.69. The van der Waals surface area contributed by atoms with E-state index in [1.165, 1.54) is 0 Å². The lowest BCUT2D eigenvalue weighted by Crippen LogP contribution is -1.80. The molecule has 0 bridgehead atoms. The van der Waals surface area contributed by atoms with Crippen molar-refractivity contribution >= 4 is 0 Å². The lowest BCUT2D eigenvalue weighted by Gasteiger charge is -1.95. The van der Waals surface area contributed by atoms with Crippen LogP contribution in [0.5, 0.6) is 0 Å². The number of hydrogen-bond donors (Lipinski definition) is 0. The SMILES string of the molecule is [CH2]c1oc(-c2ccccc2)nc1-c1ccccc1. The van der Waals surface area contributed by atoms with Gasteiger partial charge in [0, 0.05) is 18.1 Å². The molecule has 0 N–H and O–H groups in total. The molecule has 2 aromatic carbocycles. The molecule has 0 aliphatic carbocycles. The summed E-state index contributed by atoms with van der Waals surface area (Å²) in [6.07, 6.45) is 0. The number of nitrogens with zero attached hydrogens (tertiary/aromatic N) is 1. The molecule has 2 heteroatoms. The number of hydrogen-bond acceptors (Lipinski definition) is 2. The maximum Gasteiger partial charge on any atom is 0.226 e. The highest BCUT2D eigenvalue weighted by atomic mass is 16.4. The second-order valence-electron chi connectivity index (χ2n) is 4.02. The Hall–Kier alpha value is -2.35. The fourth-order valence-corrected chi connectivity index (χ4v) is 1.88. The van der Waals surface area contributed by atoms with E-state index in [0.717, 1.165) is 16.8 Å². The van der Waals surface area contributed by atoms with E-state index < -0.39 is 0 Å². The highest BCUT2D eigenvalue weighted by Crippen LogP contribution is 2.27. The summed E-state index contributed by atoms with van der Waals surface area (Å²) in [6, 6.07) is 19.8. The Morgan fingerprint density at radius 2 is 1.33 bits per heavy atom. The molecule has 1 aromatic heterocycles. The first kappa shape index (κ1) is 10.8. The van der Waals surface area contributed by atoms with Crippen molar-refractivity contribution in [3.63, 3.8) is 0 Å². The van der Waals surface area contributed by atoms with E-state index in [4.69, 9.17) is 4.42 Å². The van der Waals surface area contributed by atoms with Crippen molar-refractivity contribution < 1.29 is 4.42 Å². The molecule has 0 unspecified atom stereocenters. The maximum absolute atomic E-state index is 5.63. The van der Waals surface area contributed by atoms with Crippen LogP contribution in [0.1, 0.15) is 5.76 Å². The van der Waals surface area contributed by atoms with Gasteiger partial charge in [0.15, 0.2) is 0 Å². The predicted octanol–water partition coefficient (Wildman–Crippen LogP) is 4.19. The van der Waals surface area contributed by atoms with Gasteiger partial charge in [-0.3, -0.25) is 0 Å². The molecular formula is C16H12NO. The van der Waals surface area contributed by atoms with Gasteiger partial charge in [-0.2, -0.15) is 0 Å². The highest BCUT2D eigenvalue weighted by Gasteiger charge is 2.12. The molecule has 87 valence electrons. The first-order valence-electron chi connectivity index (χ1n) is 5.78. The first-order valence-corrected chi connectivity index (χ1v) is 5.78. The minimum absolute atomic E-state index is 0.597. The van der Waals surface area contributed by atoms with Gasteiger partial charge in [-0.15, -0.1) is 0 Å². The number of rotatable bonds is 2. The van der Waals surface area contributed by atoms with Crippen molar-refractivity contribution in [3.8, 4) is 22.7 Å². The van der Waals surface area contributed by atoms with Crippen LogP contribution in [0.3, 0.4) is 0 Å². The van der Waals surface area contributed by atoms with Crippen molar-refractivity contribution in [2.45, 2.75) is 0 Å². The third-order valence-electron chi connectivity index (χ3n) is 2.77. The zero-order chi connectivity index (χ0) is 12.4. The second-order valence-corrected chi connectivity index (χ2v) is 4.02. The highest BCUT2D eigenvalue weighted by molar-refractivity contribution is 5.66. The Bertz CT molecular complexity index is 641. The standard InChI is InChI=1S/C16H12NO/c1-12-15(13-8-4-2-5-9-13)17-16(18-12)14-10-6-3-7-11-14/h2-11H,1H2. The quantitative estimate of drug-likeness (QED) is 0.664. The summed E-state index contributed by atoms with van der Waals surface area (Å²) in [5, 5.41) is 0. The fraction of sp³-hybridized carbons (Fsp3) is 0. The van der Waals surface area contributed by atoms with E-state index in [1.54, 1.807) is 0 Å². The molecule has 0 spiro atoms. The largest absolute Gasteiger partial charge is 0.440 e. The van der Waals surface area contributed by atoms with E-state index in [9.17, 15) is 0 Å². The Labute approximate surface area is 106 Å². The molecule has 18 heavy (non-hydrogen) atoms. The predicted molar refractivity (Wildman–Crippen MR) is 71.8 cm³/mol. The molecule has 1 radical (unpaired) electrons. The fourth-order valence-electron chi connectivity index (χ4n) is 1.88. The van der Waals surface area contributed by atoms with Crippen LogP contribution in [-0.2, 0) is 0 Å². The molecule has 2 nitrogen and oxygen atoms in total. The van der Waals surface area contributed by atoms with Crippen LogP contribution in [0.15, 0.2) is 65.1 Å².